The largest absolute Gasteiger partial charge is 0.459 e. The average Bonchev–Trinajstić information content (AvgIpc) is 2.21. The maximum absolute atomic E-state index is 12.3. The van der Waals surface area contributed by atoms with Crippen LogP contribution in [0.4, 0.5) is 0 Å². The van der Waals surface area contributed by atoms with E-state index in [0.29, 0.717) is 5.92 Å². The number of likely N-dealkylation sites (N-methyl/N-ethyl adjacent to an activating group) is 1. The molecule has 0 radical (unpaired) electrons. The topological polar surface area (TPSA) is 29.5 Å². The minimum atomic E-state index is -0.409. The quantitative estimate of drug-likeness (QED) is 0.496. The van der Waals surface area contributed by atoms with Gasteiger partial charge in [0.15, 0.2) is 0 Å². The van der Waals surface area contributed by atoms with Crippen molar-refractivity contribution < 1.29 is 9.53 Å². The number of rotatable bonds is 8. The molecular weight excluding hydrogens is 238 g/mol. The van der Waals surface area contributed by atoms with Crippen LogP contribution in [0.25, 0.3) is 0 Å². The highest BCUT2D eigenvalue weighted by molar-refractivity contribution is 5.76. The van der Waals surface area contributed by atoms with Crippen LogP contribution in [0.1, 0.15) is 66.7 Å². The minimum absolute atomic E-state index is 0.0968. The standard InChI is InChI=1S/C16H33NO2/c1-8-9-10-11-12-13(2)14(17(6)7)15(18)19-16(3,4)5/h13-14H,8-12H2,1-7H3/t13-,14?/m1/s1. The Morgan fingerprint density at radius 1 is 1.16 bits per heavy atom. The van der Waals surface area contributed by atoms with Gasteiger partial charge in [0.05, 0.1) is 0 Å². The van der Waals surface area contributed by atoms with E-state index in [9.17, 15) is 4.79 Å². The molecule has 114 valence electrons. The summed E-state index contributed by atoms with van der Waals surface area (Å²) in [5, 5.41) is 0. The zero-order valence-electron chi connectivity index (χ0n) is 14.0. The van der Waals surface area contributed by atoms with Gasteiger partial charge in [0, 0.05) is 0 Å². The lowest BCUT2D eigenvalue weighted by Crippen LogP contribution is -2.44. The van der Waals surface area contributed by atoms with E-state index >= 15 is 0 Å². The summed E-state index contributed by atoms with van der Waals surface area (Å²) in [7, 11) is 3.91. The van der Waals surface area contributed by atoms with E-state index in [2.05, 4.69) is 13.8 Å². The Bertz CT molecular complexity index is 256. The fraction of sp³-hybridized carbons (Fsp3) is 0.938. The highest BCUT2D eigenvalue weighted by Crippen LogP contribution is 2.20. The van der Waals surface area contributed by atoms with Crippen LogP contribution >= 0.6 is 0 Å². The minimum Gasteiger partial charge on any atom is -0.459 e. The third-order valence-electron chi connectivity index (χ3n) is 3.26. The molecule has 0 N–H and O–H groups in total. The molecule has 0 aliphatic heterocycles. The lowest BCUT2D eigenvalue weighted by atomic mass is 9.94. The van der Waals surface area contributed by atoms with Crippen LogP contribution in [0.5, 0.6) is 0 Å². The molecule has 0 saturated heterocycles. The number of unbranched alkanes of at least 4 members (excludes halogenated alkanes) is 3. The molecule has 0 aromatic rings. The highest BCUT2D eigenvalue weighted by atomic mass is 16.6. The van der Waals surface area contributed by atoms with Crippen molar-refractivity contribution in [3.05, 3.63) is 0 Å². The molecule has 0 rings (SSSR count). The molecule has 3 nitrogen and oxygen atoms in total. The molecule has 0 heterocycles. The monoisotopic (exact) mass is 271 g/mol. The lowest BCUT2D eigenvalue weighted by molar-refractivity contribution is -0.162. The van der Waals surface area contributed by atoms with Gasteiger partial charge in [-0.25, -0.2) is 0 Å². The lowest BCUT2D eigenvalue weighted by Gasteiger charge is -2.31. The van der Waals surface area contributed by atoms with Crippen molar-refractivity contribution in [2.45, 2.75) is 78.4 Å². The van der Waals surface area contributed by atoms with E-state index < -0.39 is 5.60 Å². The molecule has 0 bridgehead atoms. The van der Waals surface area contributed by atoms with Gasteiger partial charge in [-0.1, -0.05) is 39.5 Å². The molecule has 0 amide bonds. The molecule has 0 aromatic heterocycles. The maximum atomic E-state index is 12.3. The summed E-state index contributed by atoms with van der Waals surface area (Å²) < 4.78 is 5.53. The van der Waals surface area contributed by atoms with E-state index in [1.54, 1.807) is 0 Å². The second-order valence-corrected chi connectivity index (χ2v) is 6.77. The zero-order chi connectivity index (χ0) is 15.1. The molecule has 1 unspecified atom stereocenters. The first kappa shape index (κ1) is 18.4. The summed E-state index contributed by atoms with van der Waals surface area (Å²) >= 11 is 0. The molecule has 3 heteroatoms. The van der Waals surface area contributed by atoms with E-state index in [1.807, 2.05) is 39.8 Å². The molecule has 0 spiro atoms. The van der Waals surface area contributed by atoms with Gasteiger partial charge in [-0.2, -0.15) is 0 Å². The Morgan fingerprint density at radius 3 is 2.16 bits per heavy atom. The van der Waals surface area contributed by atoms with Crippen molar-refractivity contribution in [2.24, 2.45) is 5.92 Å². The highest BCUT2D eigenvalue weighted by Gasteiger charge is 2.31. The summed E-state index contributed by atoms with van der Waals surface area (Å²) in [6, 6.07) is -0.138. The van der Waals surface area contributed by atoms with Gasteiger partial charge in [0.2, 0.25) is 0 Å². The Hall–Kier alpha value is -0.570. The van der Waals surface area contributed by atoms with E-state index in [-0.39, 0.29) is 12.0 Å². The fourth-order valence-corrected chi connectivity index (χ4v) is 2.37. The van der Waals surface area contributed by atoms with Crippen LogP contribution in [0.2, 0.25) is 0 Å². The normalized spacial score (nSPS) is 15.4. The van der Waals surface area contributed by atoms with Crippen molar-refractivity contribution >= 4 is 5.97 Å². The molecule has 19 heavy (non-hydrogen) atoms. The number of ether oxygens (including phenoxy) is 1. The van der Waals surface area contributed by atoms with Gasteiger partial charge < -0.3 is 4.74 Å². The van der Waals surface area contributed by atoms with Crippen molar-refractivity contribution in [1.82, 2.24) is 4.90 Å². The first-order valence-corrected chi connectivity index (χ1v) is 7.58. The van der Waals surface area contributed by atoms with Crippen molar-refractivity contribution in [2.75, 3.05) is 14.1 Å². The Labute approximate surface area is 119 Å². The van der Waals surface area contributed by atoms with Crippen molar-refractivity contribution in [1.29, 1.82) is 0 Å². The fourth-order valence-electron chi connectivity index (χ4n) is 2.37. The summed E-state index contributed by atoms with van der Waals surface area (Å²) in [5.41, 5.74) is -0.409. The summed E-state index contributed by atoms with van der Waals surface area (Å²) in [6.45, 7) is 10.1. The smallest absolute Gasteiger partial charge is 0.324 e. The molecular formula is C16H33NO2. The first-order chi connectivity index (χ1) is 8.69. The van der Waals surface area contributed by atoms with Gasteiger partial charge in [0.1, 0.15) is 11.6 Å². The molecule has 0 aromatic carbocycles. The van der Waals surface area contributed by atoms with Crippen LogP contribution in [0.3, 0.4) is 0 Å². The van der Waals surface area contributed by atoms with E-state index in [1.165, 1.54) is 25.7 Å². The number of hydrogen-bond donors (Lipinski definition) is 0. The van der Waals surface area contributed by atoms with E-state index in [4.69, 9.17) is 4.74 Å². The zero-order valence-corrected chi connectivity index (χ0v) is 14.0. The van der Waals surface area contributed by atoms with Crippen LogP contribution in [0, 0.1) is 5.92 Å². The molecule has 0 fully saturated rings. The second kappa shape index (κ2) is 8.57. The molecule has 0 aliphatic carbocycles. The van der Waals surface area contributed by atoms with Crippen LogP contribution < -0.4 is 0 Å². The Morgan fingerprint density at radius 2 is 1.74 bits per heavy atom. The van der Waals surface area contributed by atoms with Crippen molar-refractivity contribution in [3.8, 4) is 0 Å². The van der Waals surface area contributed by atoms with Gasteiger partial charge in [-0.05, 0) is 47.2 Å². The van der Waals surface area contributed by atoms with Crippen LogP contribution in [-0.4, -0.2) is 36.6 Å². The van der Waals surface area contributed by atoms with E-state index in [0.717, 1.165) is 6.42 Å². The first-order valence-electron chi connectivity index (χ1n) is 7.58. The second-order valence-electron chi connectivity index (χ2n) is 6.77. The van der Waals surface area contributed by atoms with Gasteiger partial charge in [-0.3, -0.25) is 9.69 Å². The Balaban J connectivity index is 4.42. The van der Waals surface area contributed by atoms with Crippen LogP contribution in [-0.2, 0) is 9.53 Å². The predicted octanol–water partition coefficient (Wildman–Crippen LogP) is 3.86. The SMILES string of the molecule is CCCCCC[C@@H](C)C(C(=O)OC(C)(C)C)N(C)C. The van der Waals surface area contributed by atoms with Gasteiger partial charge >= 0.3 is 5.97 Å². The summed E-state index contributed by atoms with van der Waals surface area (Å²) in [6.07, 6.45) is 6.07. The molecule has 2 atom stereocenters. The number of hydrogen-bond acceptors (Lipinski definition) is 3. The molecule has 0 aliphatic rings. The van der Waals surface area contributed by atoms with Crippen molar-refractivity contribution in [3.63, 3.8) is 0 Å². The summed E-state index contributed by atoms with van der Waals surface area (Å²) in [5.74, 6) is 0.238. The Kier molecular flexibility index (Phi) is 8.31. The average molecular weight is 271 g/mol. The van der Waals surface area contributed by atoms with Gasteiger partial charge in [0.25, 0.3) is 0 Å². The summed E-state index contributed by atoms with van der Waals surface area (Å²) in [4.78, 5) is 14.3. The predicted molar refractivity (Wildman–Crippen MR) is 81.2 cm³/mol. The third kappa shape index (κ3) is 8.25. The molecule has 0 saturated carbocycles. The number of esters is 1. The number of nitrogens with zero attached hydrogens (tertiary/aromatic N) is 1. The van der Waals surface area contributed by atoms with Gasteiger partial charge in [-0.15, -0.1) is 0 Å². The maximum Gasteiger partial charge on any atom is 0.324 e. The number of carbonyl (C=O) groups excluding carboxylic acids is 1. The number of carbonyl (C=O) groups is 1. The van der Waals surface area contributed by atoms with Crippen LogP contribution in [0.15, 0.2) is 0 Å². The third-order valence-corrected chi connectivity index (χ3v) is 3.26.